The van der Waals surface area contributed by atoms with Crippen molar-refractivity contribution in [2.75, 3.05) is 18.5 Å². The number of nitrogens with one attached hydrogen (secondary N) is 1. The fourth-order valence-electron chi connectivity index (χ4n) is 1.50. The Morgan fingerprint density at radius 3 is 2.61 bits per heavy atom. The van der Waals surface area contributed by atoms with E-state index in [4.69, 9.17) is 16.3 Å². The maximum absolute atomic E-state index is 12.8. The van der Waals surface area contributed by atoms with Crippen molar-refractivity contribution in [3.63, 3.8) is 0 Å². The van der Waals surface area contributed by atoms with Gasteiger partial charge in [0.2, 0.25) is 0 Å². The van der Waals surface area contributed by atoms with E-state index in [-0.39, 0.29) is 10.8 Å². The van der Waals surface area contributed by atoms with Crippen molar-refractivity contribution in [1.29, 1.82) is 0 Å². The average molecular weight is 266 g/mol. The molecule has 0 spiro atoms. The van der Waals surface area contributed by atoms with Gasteiger partial charge >= 0.3 is 0 Å². The largest absolute Gasteiger partial charge is 0.490 e. The summed E-state index contributed by atoms with van der Waals surface area (Å²) in [6, 6.07) is 13.9. The molecule has 2 rings (SSSR count). The maximum Gasteiger partial charge on any atom is 0.138 e. The van der Waals surface area contributed by atoms with Crippen LogP contribution >= 0.6 is 11.6 Å². The van der Waals surface area contributed by atoms with Crippen LogP contribution in [0.15, 0.2) is 48.5 Å². The number of ether oxygens (including phenoxy) is 1. The topological polar surface area (TPSA) is 21.3 Å². The van der Waals surface area contributed by atoms with Crippen molar-refractivity contribution >= 4 is 17.3 Å². The molecule has 0 heterocycles. The van der Waals surface area contributed by atoms with E-state index in [1.165, 1.54) is 18.2 Å². The molecule has 0 saturated carbocycles. The Kier molecular flexibility index (Phi) is 4.42. The number of rotatable bonds is 5. The third kappa shape index (κ3) is 3.64. The number of benzene rings is 2. The lowest BCUT2D eigenvalue weighted by atomic mass is 10.3. The Hall–Kier alpha value is -1.74. The number of anilines is 1. The molecular weight excluding hydrogens is 253 g/mol. The van der Waals surface area contributed by atoms with E-state index in [2.05, 4.69) is 5.32 Å². The molecule has 1 N–H and O–H groups in total. The first-order valence-corrected chi connectivity index (χ1v) is 6.00. The van der Waals surface area contributed by atoms with Crippen LogP contribution in [0, 0.1) is 5.82 Å². The highest BCUT2D eigenvalue weighted by atomic mass is 35.5. The Morgan fingerprint density at radius 1 is 1.11 bits per heavy atom. The molecule has 0 bridgehead atoms. The van der Waals surface area contributed by atoms with E-state index < -0.39 is 0 Å². The van der Waals surface area contributed by atoms with Crippen LogP contribution in [0.3, 0.4) is 0 Å². The van der Waals surface area contributed by atoms with Crippen LogP contribution in [-0.4, -0.2) is 13.2 Å². The molecule has 0 saturated heterocycles. The van der Waals surface area contributed by atoms with Gasteiger partial charge in [-0.2, -0.15) is 0 Å². The monoisotopic (exact) mass is 265 g/mol. The van der Waals surface area contributed by atoms with E-state index in [0.717, 1.165) is 5.69 Å². The summed E-state index contributed by atoms with van der Waals surface area (Å²) >= 11 is 5.84. The van der Waals surface area contributed by atoms with E-state index in [1.807, 2.05) is 30.3 Å². The summed E-state index contributed by atoms with van der Waals surface area (Å²) in [6.45, 7) is 1.11. The molecule has 2 aromatic carbocycles. The number of para-hydroxylation sites is 1. The maximum atomic E-state index is 12.8. The Labute approximate surface area is 110 Å². The third-order valence-corrected chi connectivity index (χ3v) is 2.65. The number of hydrogen-bond donors (Lipinski definition) is 1. The van der Waals surface area contributed by atoms with Gasteiger partial charge in [0.25, 0.3) is 0 Å². The van der Waals surface area contributed by atoms with Gasteiger partial charge in [0, 0.05) is 12.2 Å². The highest BCUT2D eigenvalue weighted by Gasteiger charge is 2.02. The molecule has 0 amide bonds. The van der Waals surface area contributed by atoms with Gasteiger partial charge in [0.1, 0.15) is 18.2 Å². The standard InChI is InChI=1S/C14H13ClFNO/c15-13-10-11(16)6-7-14(13)18-9-8-17-12-4-2-1-3-5-12/h1-7,10,17H,8-9H2. The molecule has 0 aliphatic heterocycles. The van der Waals surface area contributed by atoms with Crippen molar-refractivity contribution in [2.45, 2.75) is 0 Å². The predicted octanol–water partition coefficient (Wildman–Crippen LogP) is 3.97. The van der Waals surface area contributed by atoms with Crippen LogP contribution in [0.1, 0.15) is 0 Å². The van der Waals surface area contributed by atoms with Crippen molar-refractivity contribution in [3.05, 3.63) is 59.4 Å². The Bertz CT molecular complexity index is 504. The quantitative estimate of drug-likeness (QED) is 0.826. The highest BCUT2D eigenvalue weighted by molar-refractivity contribution is 6.32. The molecular formula is C14H13ClFNO. The molecule has 4 heteroatoms. The fraction of sp³-hybridized carbons (Fsp3) is 0.143. The SMILES string of the molecule is Fc1ccc(OCCNc2ccccc2)c(Cl)c1. The molecule has 2 aromatic rings. The van der Waals surface area contributed by atoms with Gasteiger partial charge in [0.15, 0.2) is 0 Å². The van der Waals surface area contributed by atoms with Gasteiger partial charge in [0.05, 0.1) is 5.02 Å². The molecule has 0 fully saturated rings. The van der Waals surface area contributed by atoms with Crippen LogP contribution in [0.5, 0.6) is 5.75 Å². The summed E-state index contributed by atoms with van der Waals surface area (Å²) in [5, 5.41) is 3.49. The molecule has 0 unspecified atom stereocenters. The van der Waals surface area contributed by atoms with Gasteiger partial charge in [-0.1, -0.05) is 29.8 Å². The average Bonchev–Trinajstić information content (AvgIpc) is 2.38. The van der Waals surface area contributed by atoms with Gasteiger partial charge in [-0.3, -0.25) is 0 Å². The minimum atomic E-state index is -0.366. The van der Waals surface area contributed by atoms with E-state index >= 15 is 0 Å². The zero-order valence-electron chi connectivity index (χ0n) is 9.70. The van der Waals surface area contributed by atoms with Crippen LogP contribution in [-0.2, 0) is 0 Å². The lowest BCUT2D eigenvalue weighted by Gasteiger charge is -2.09. The molecule has 18 heavy (non-hydrogen) atoms. The lowest BCUT2D eigenvalue weighted by Crippen LogP contribution is -2.11. The normalized spacial score (nSPS) is 10.1. The van der Waals surface area contributed by atoms with Gasteiger partial charge < -0.3 is 10.1 Å². The third-order valence-electron chi connectivity index (χ3n) is 2.36. The first kappa shape index (κ1) is 12.7. The van der Waals surface area contributed by atoms with Crippen molar-refractivity contribution in [3.8, 4) is 5.75 Å². The molecule has 94 valence electrons. The molecule has 0 radical (unpaired) electrons. The van der Waals surface area contributed by atoms with Crippen molar-refractivity contribution < 1.29 is 9.13 Å². The molecule has 2 nitrogen and oxygen atoms in total. The number of hydrogen-bond acceptors (Lipinski definition) is 2. The zero-order valence-corrected chi connectivity index (χ0v) is 10.5. The van der Waals surface area contributed by atoms with Crippen LogP contribution in [0.4, 0.5) is 10.1 Å². The Balaban J connectivity index is 1.79. The first-order chi connectivity index (χ1) is 8.75. The fourth-order valence-corrected chi connectivity index (χ4v) is 1.73. The number of halogens is 2. The second-order valence-corrected chi connectivity index (χ2v) is 4.12. The molecule has 0 aliphatic rings. The minimum Gasteiger partial charge on any atom is -0.490 e. The van der Waals surface area contributed by atoms with Crippen LogP contribution in [0.2, 0.25) is 5.02 Å². The summed E-state index contributed by atoms with van der Waals surface area (Å²) in [7, 11) is 0. The summed E-state index contributed by atoms with van der Waals surface area (Å²) < 4.78 is 18.3. The van der Waals surface area contributed by atoms with Gasteiger partial charge in [-0.15, -0.1) is 0 Å². The summed E-state index contributed by atoms with van der Waals surface area (Å²) in [5.74, 6) is 0.127. The van der Waals surface area contributed by atoms with E-state index in [0.29, 0.717) is 18.9 Å². The van der Waals surface area contributed by atoms with E-state index in [1.54, 1.807) is 0 Å². The van der Waals surface area contributed by atoms with Crippen molar-refractivity contribution in [2.24, 2.45) is 0 Å². The summed E-state index contributed by atoms with van der Waals surface area (Å²) in [4.78, 5) is 0. The van der Waals surface area contributed by atoms with E-state index in [9.17, 15) is 4.39 Å². The van der Waals surface area contributed by atoms with Crippen LogP contribution in [0.25, 0.3) is 0 Å². The van der Waals surface area contributed by atoms with Crippen molar-refractivity contribution in [1.82, 2.24) is 0 Å². The smallest absolute Gasteiger partial charge is 0.138 e. The second-order valence-electron chi connectivity index (χ2n) is 3.72. The molecule has 0 atom stereocenters. The van der Waals surface area contributed by atoms with Crippen LogP contribution < -0.4 is 10.1 Å². The summed E-state index contributed by atoms with van der Waals surface area (Å²) in [5.41, 5.74) is 1.03. The predicted molar refractivity (Wildman–Crippen MR) is 71.8 cm³/mol. The van der Waals surface area contributed by atoms with Gasteiger partial charge in [-0.05, 0) is 30.3 Å². The first-order valence-electron chi connectivity index (χ1n) is 5.62. The zero-order chi connectivity index (χ0) is 12.8. The second kappa shape index (κ2) is 6.26. The Morgan fingerprint density at radius 2 is 1.89 bits per heavy atom. The minimum absolute atomic E-state index is 0.287. The molecule has 0 aromatic heterocycles. The summed E-state index contributed by atoms with van der Waals surface area (Å²) in [6.07, 6.45) is 0. The molecule has 0 aliphatic carbocycles. The highest BCUT2D eigenvalue weighted by Crippen LogP contribution is 2.24. The lowest BCUT2D eigenvalue weighted by molar-refractivity contribution is 0.332. The van der Waals surface area contributed by atoms with Gasteiger partial charge in [-0.25, -0.2) is 4.39 Å².